The molecule has 128 valence electrons. The standard InChI is InChI=1S/C17H23BrClNO3/c1-17(2,3)23-16(21)20-8-6-13(7-9-20)22-15-5-4-12(11-18)10-14(15)19/h4-5,10,13H,6-9,11H2,1-3H3. The van der Waals surface area contributed by atoms with Crippen LogP contribution in [0.1, 0.15) is 39.2 Å². The molecule has 0 aromatic heterocycles. The Bertz CT molecular complexity index is 551. The molecule has 0 spiro atoms. The molecule has 0 bridgehead atoms. The molecule has 1 aliphatic heterocycles. The lowest BCUT2D eigenvalue weighted by molar-refractivity contribution is 0.0126. The summed E-state index contributed by atoms with van der Waals surface area (Å²) in [6.45, 7) is 6.89. The molecule has 0 aliphatic carbocycles. The lowest BCUT2D eigenvalue weighted by atomic mass is 10.1. The van der Waals surface area contributed by atoms with Gasteiger partial charge in [0.15, 0.2) is 0 Å². The van der Waals surface area contributed by atoms with Gasteiger partial charge in [-0.2, -0.15) is 0 Å². The molecular formula is C17H23BrClNO3. The van der Waals surface area contributed by atoms with E-state index in [1.807, 2.05) is 39.0 Å². The van der Waals surface area contributed by atoms with Gasteiger partial charge in [-0.3, -0.25) is 0 Å². The van der Waals surface area contributed by atoms with Crippen molar-refractivity contribution in [2.45, 2.75) is 50.6 Å². The van der Waals surface area contributed by atoms with E-state index in [1.54, 1.807) is 4.90 Å². The Balaban J connectivity index is 1.86. The highest BCUT2D eigenvalue weighted by Gasteiger charge is 2.27. The highest BCUT2D eigenvalue weighted by molar-refractivity contribution is 9.08. The predicted octanol–water partition coefficient (Wildman–Crippen LogP) is 5.01. The number of rotatable bonds is 3. The number of benzene rings is 1. The number of carbonyl (C=O) groups excluding carboxylic acids is 1. The van der Waals surface area contributed by atoms with E-state index in [1.165, 1.54) is 0 Å². The second kappa shape index (κ2) is 7.75. The van der Waals surface area contributed by atoms with Crippen LogP contribution in [0.2, 0.25) is 5.02 Å². The third kappa shape index (κ3) is 5.57. The van der Waals surface area contributed by atoms with Gasteiger partial charge in [0, 0.05) is 31.3 Å². The Morgan fingerprint density at radius 3 is 2.52 bits per heavy atom. The molecule has 4 nitrogen and oxygen atoms in total. The highest BCUT2D eigenvalue weighted by atomic mass is 79.9. The Morgan fingerprint density at radius 2 is 2.00 bits per heavy atom. The van der Waals surface area contributed by atoms with E-state index in [0.717, 1.165) is 23.7 Å². The van der Waals surface area contributed by atoms with E-state index in [2.05, 4.69) is 15.9 Å². The van der Waals surface area contributed by atoms with Crippen molar-refractivity contribution in [2.75, 3.05) is 13.1 Å². The van der Waals surface area contributed by atoms with Crippen LogP contribution in [0.5, 0.6) is 5.75 Å². The van der Waals surface area contributed by atoms with Crippen molar-refractivity contribution in [1.29, 1.82) is 0 Å². The normalized spacial score (nSPS) is 16.3. The minimum Gasteiger partial charge on any atom is -0.489 e. The monoisotopic (exact) mass is 403 g/mol. The number of likely N-dealkylation sites (tertiary alicyclic amines) is 1. The maximum atomic E-state index is 12.0. The van der Waals surface area contributed by atoms with Gasteiger partial charge in [0.05, 0.1) is 5.02 Å². The third-order valence-electron chi connectivity index (χ3n) is 3.54. The van der Waals surface area contributed by atoms with Gasteiger partial charge in [0.25, 0.3) is 0 Å². The topological polar surface area (TPSA) is 38.8 Å². The van der Waals surface area contributed by atoms with Crippen molar-refractivity contribution in [2.24, 2.45) is 0 Å². The van der Waals surface area contributed by atoms with Crippen molar-refractivity contribution in [3.63, 3.8) is 0 Å². The Morgan fingerprint density at radius 1 is 1.35 bits per heavy atom. The van der Waals surface area contributed by atoms with Gasteiger partial charge in [-0.15, -0.1) is 0 Å². The lowest BCUT2D eigenvalue weighted by Gasteiger charge is -2.33. The Hall–Kier alpha value is -0.940. The number of amides is 1. The summed E-state index contributed by atoms with van der Waals surface area (Å²) in [6.07, 6.45) is 1.36. The predicted molar refractivity (Wildman–Crippen MR) is 95.5 cm³/mol. The van der Waals surface area contributed by atoms with Crippen LogP contribution in [-0.2, 0) is 10.1 Å². The smallest absolute Gasteiger partial charge is 0.410 e. The lowest BCUT2D eigenvalue weighted by Crippen LogP contribution is -2.44. The van der Waals surface area contributed by atoms with Crippen molar-refractivity contribution >= 4 is 33.6 Å². The first-order valence-electron chi connectivity index (χ1n) is 7.77. The maximum absolute atomic E-state index is 12.0. The van der Waals surface area contributed by atoms with Crippen LogP contribution in [0, 0.1) is 0 Å². The second-order valence-electron chi connectivity index (χ2n) is 6.68. The first-order chi connectivity index (χ1) is 10.8. The van der Waals surface area contributed by atoms with Crippen LogP contribution in [0.3, 0.4) is 0 Å². The molecule has 0 saturated carbocycles. The molecule has 0 unspecified atom stereocenters. The van der Waals surface area contributed by atoms with Gasteiger partial charge >= 0.3 is 6.09 Å². The van der Waals surface area contributed by atoms with Crippen LogP contribution < -0.4 is 4.74 Å². The molecule has 1 heterocycles. The Labute approximate surface area is 151 Å². The van der Waals surface area contributed by atoms with Crippen LogP contribution in [0.15, 0.2) is 18.2 Å². The van der Waals surface area contributed by atoms with E-state index < -0.39 is 5.60 Å². The molecule has 1 aromatic rings. The molecule has 1 saturated heterocycles. The molecule has 1 fully saturated rings. The zero-order valence-electron chi connectivity index (χ0n) is 13.8. The van der Waals surface area contributed by atoms with Gasteiger partial charge < -0.3 is 14.4 Å². The largest absolute Gasteiger partial charge is 0.489 e. The molecule has 23 heavy (non-hydrogen) atoms. The average molecular weight is 405 g/mol. The number of piperidine rings is 1. The third-order valence-corrected chi connectivity index (χ3v) is 4.48. The van der Waals surface area contributed by atoms with Crippen LogP contribution in [0.4, 0.5) is 4.79 Å². The minimum atomic E-state index is -0.463. The molecule has 0 N–H and O–H groups in total. The van der Waals surface area contributed by atoms with E-state index >= 15 is 0 Å². The number of ether oxygens (including phenoxy) is 2. The van der Waals surface area contributed by atoms with E-state index in [9.17, 15) is 4.79 Å². The molecular weight excluding hydrogens is 382 g/mol. The number of halogens is 2. The second-order valence-corrected chi connectivity index (χ2v) is 7.65. The van der Waals surface area contributed by atoms with Crippen LogP contribution in [-0.4, -0.2) is 35.8 Å². The van der Waals surface area contributed by atoms with Gasteiger partial charge in [-0.25, -0.2) is 4.79 Å². The fraction of sp³-hybridized carbons (Fsp3) is 0.588. The fourth-order valence-electron chi connectivity index (χ4n) is 2.39. The number of nitrogens with zero attached hydrogens (tertiary/aromatic N) is 1. The number of hydrogen-bond donors (Lipinski definition) is 0. The Kier molecular flexibility index (Phi) is 6.20. The highest BCUT2D eigenvalue weighted by Crippen LogP contribution is 2.29. The van der Waals surface area contributed by atoms with Gasteiger partial charge in [-0.1, -0.05) is 33.6 Å². The SMILES string of the molecule is CC(C)(C)OC(=O)N1CCC(Oc2ccc(CBr)cc2Cl)CC1. The number of hydrogen-bond acceptors (Lipinski definition) is 3. The molecule has 6 heteroatoms. The molecule has 1 aliphatic rings. The van der Waals surface area contributed by atoms with E-state index in [4.69, 9.17) is 21.1 Å². The van der Waals surface area contributed by atoms with E-state index in [0.29, 0.717) is 23.9 Å². The zero-order chi connectivity index (χ0) is 17.0. The molecule has 1 amide bonds. The van der Waals surface area contributed by atoms with Crippen molar-refractivity contribution in [3.05, 3.63) is 28.8 Å². The summed E-state index contributed by atoms with van der Waals surface area (Å²) in [7, 11) is 0. The summed E-state index contributed by atoms with van der Waals surface area (Å²) in [6, 6.07) is 5.80. The first kappa shape index (κ1) is 18.4. The van der Waals surface area contributed by atoms with Gasteiger partial charge in [0.1, 0.15) is 17.5 Å². The van der Waals surface area contributed by atoms with Crippen molar-refractivity contribution in [3.8, 4) is 5.75 Å². The maximum Gasteiger partial charge on any atom is 0.410 e. The summed E-state index contributed by atoms with van der Waals surface area (Å²) in [5.74, 6) is 0.701. The average Bonchev–Trinajstić information content (AvgIpc) is 2.48. The summed E-state index contributed by atoms with van der Waals surface area (Å²) in [5.41, 5.74) is 0.650. The van der Waals surface area contributed by atoms with E-state index in [-0.39, 0.29) is 12.2 Å². The zero-order valence-corrected chi connectivity index (χ0v) is 16.1. The molecule has 1 aromatic carbocycles. The number of alkyl halides is 1. The number of carbonyl (C=O) groups is 1. The molecule has 0 radical (unpaired) electrons. The quantitative estimate of drug-likeness (QED) is 0.664. The molecule has 0 atom stereocenters. The first-order valence-corrected chi connectivity index (χ1v) is 9.27. The summed E-state index contributed by atoms with van der Waals surface area (Å²) >= 11 is 9.66. The minimum absolute atomic E-state index is 0.0704. The van der Waals surface area contributed by atoms with Crippen molar-refractivity contribution < 1.29 is 14.3 Å². The summed E-state index contributed by atoms with van der Waals surface area (Å²) in [4.78, 5) is 13.8. The van der Waals surface area contributed by atoms with Gasteiger partial charge in [0.2, 0.25) is 0 Å². The fourth-order valence-corrected chi connectivity index (χ4v) is 2.98. The summed E-state index contributed by atoms with van der Waals surface area (Å²) < 4.78 is 11.4. The van der Waals surface area contributed by atoms with Crippen LogP contribution in [0.25, 0.3) is 0 Å². The van der Waals surface area contributed by atoms with Crippen molar-refractivity contribution in [1.82, 2.24) is 4.90 Å². The summed E-state index contributed by atoms with van der Waals surface area (Å²) in [5, 5.41) is 1.39. The van der Waals surface area contributed by atoms with Crippen LogP contribution >= 0.6 is 27.5 Å². The molecule has 2 rings (SSSR count). The van der Waals surface area contributed by atoms with Gasteiger partial charge in [-0.05, 0) is 38.5 Å².